The van der Waals surface area contributed by atoms with Crippen molar-refractivity contribution >= 4 is 27.6 Å². The Morgan fingerprint density at radius 2 is 2.09 bits per heavy atom. The predicted molar refractivity (Wildman–Crippen MR) is 80.2 cm³/mol. The summed E-state index contributed by atoms with van der Waals surface area (Å²) in [6.07, 6.45) is 0. The Hall–Kier alpha value is -2.15. The molecule has 1 aromatic carbocycles. The minimum Gasteiger partial charge on any atom is -0.484 e. The van der Waals surface area contributed by atoms with Crippen molar-refractivity contribution in [2.75, 3.05) is 6.61 Å². The molecule has 0 spiro atoms. The van der Waals surface area contributed by atoms with Crippen LogP contribution in [0.2, 0.25) is 0 Å². The molecule has 1 amide bonds. The molecule has 0 aliphatic rings. The summed E-state index contributed by atoms with van der Waals surface area (Å²) in [7, 11) is 0. The Bertz CT molecular complexity index is 699. The minimum absolute atomic E-state index is 0.138. The monoisotopic (exact) mass is 369 g/mol. The number of benzene rings is 1. The van der Waals surface area contributed by atoms with Gasteiger partial charge in [-0.15, -0.1) is 0 Å². The molecule has 0 unspecified atom stereocenters. The van der Waals surface area contributed by atoms with Crippen molar-refractivity contribution in [3.05, 3.63) is 52.1 Å². The molecule has 116 valence electrons. The number of Topliss-reactive ketones (excluding diaryl/α,β-unsaturated/α-hetero) is 1. The van der Waals surface area contributed by atoms with Crippen LogP contribution in [0.25, 0.3) is 0 Å². The molecule has 2 rings (SSSR count). The molecule has 0 atom stereocenters. The van der Waals surface area contributed by atoms with Gasteiger partial charge in [0.2, 0.25) is 11.7 Å². The SMILES string of the molecule is CC(=O)NCc1ccc(C(=O)COc2ccc(F)cc2Br)o1. The van der Waals surface area contributed by atoms with Crippen LogP contribution in [-0.2, 0) is 11.3 Å². The van der Waals surface area contributed by atoms with E-state index in [0.717, 1.165) is 0 Å². The van der Waals surface area contributed by atoms with Gasteiger partial charge >= 0.3 is 0 Å². The van der Waals surface area contributed by atoms with Crippen LogP contribution in [0, 0.1) is 5.82 Å². The number of furan rings is 1. The molecule has 22 heavy (non-hydrogen) atoms. The number of hydrogen-bond donors (Lipinski definition) is 1. The highest BCUT2D eigenvalue weighted by atomic mass is 79.9. The first-order valence-corrected chi connectivity index (χ1v) is 7.19. The van der Waals surface area contributed by atoms with Gasteiger partial charge < -0.3 is 14.5 Å². The first-order chi connectivity index (χ1) is 10.5. The fraction of sp³-hybridized carbons (Fsp3) is 0.200. The van der Waals surface area contributed by atoms with Crippen LogP contribution in [0.15, 0.2) is 39.2 Å². The van der Waals surface area contributed by atoms with Crippen LogP contribution in [0.5, 0.6) is 5.75 Å². The number of rotatable bonds is 6. The number of hydrogen-bond acceptors (Lipinski definition) is 4. The molecule has 7 heteroatoms. The van der Waals surface area contributed by atoms with Crippen LogP contribution in [0.4, 0.5) is 4.39 Å². The third kappa shape index (κ3) is 4.42. The van der Waals surface area contributed by atoms with Crippen molar-refractivity contribution in [1.82, 2.24) is 5.32 Å². The van der Waals surface area contributed by atoms with Crippen molar-refractivity contribution in [2.45, 2.75) is 13.5 Å². The van der Waals surface area contributed by atoms with Gasteiger partial charge in [0.25, 0.3) is 0 Å². The van der Waals surface area contributed by atoms with E-state index in [9.17, 15) is 14.0 Å². The van der Waals surface area contributed by atoms with Crippen molar-refractivity contribution < 1.29 is 23.1 Å². The third-order valence-electron chi connectivity index (χ3n) is 2.70. The minimum atomic E-state index is -0.404. The van der Waals surface area contributed by atoms with E-state index >= 15 is 0 Å². The summed E-state index contributed by atoms with van der Waals surface area (Å²) in [5, 5.41) is 2.57. The van der Waals surface area contributed by atoms with E-state index in [1.54, 1.807) is 6.07 Å². The second-order valence-corrected chi connectivity index (χ2v) is 5.32. The number of carbonyl (C=O) groups is 2. The van der Waals surface area contributed by atoms with Gasteiger partial charge in [-0.1, -0.05) is 0 Å². The van der Waals surface area contributed by atoms with Gasteiger partial charge in [-0.2, -0.15) is 0 Å². The molecule has 2 aromatic rings. The summed E-state index contributed by atoms with van der Waals surface area (Å²) in [6.45, 7) is 1.37. The standard InChI is InChI=1S/C15H13BrFNO4/c1-9(19)18-7-11-3-5-15(22-11)13(20)8-21-14-4-2-10(17)6-12(14)16/h2-6H,7-8H2,1H3,(H,18,19). The van der Waals surface area contributed by atoms with Crippen molar-refractivity contribution in [3.8, 4) is 5.75 Å². The largest absolute Gasteiger partial charge is 0.484 e. The van der Waals surface area contributed by atoms with Crippen LogP contribution in [-0.4, -0.2) is 18.3 Å². The predicted octanol–water partition coefficient (Wildman–Crippen LogP) is 3.08. The molecule has 0 saturated carbocycles. The second-order valence-electron chi connectivity index (χ2n) is 4.46. The zero-order valence-electron chi connectivity index (χ0n) is 11.7. The van der Waals surface area contributed by atoms with E-state index in [-0.39, 0.29) is 30.6 Å². The number of ether oxygens (including phenoxy) is 1. The van der Waals surface area contributed by atoms with Crippen molar-refractivity contribution in [2.24, 2.45) is 0 Å². The van der Waals surface area contributed by atoms with Crippen LogP contribution >= 0.6 is 15.9 Å². The first-order valence-electron chi connectivity index (χ1n) is 6.40. The molecule has 0 fully saturated rings. The lowest BCUT2D eigenvalue weighted by Crippen LogP contribution is -2.18. The van der Waals surface area contributed by atoms with Gasteiger partial charge in [0.05, 0.1) is 11.0 Å². The molecule has 0 aliphatic heterocycles. The summed E-state index contributed by atoms with van der Waals surface area (Å²) in [5.74, 6) is 0.0261. The Morgan fingerprint density at radius 3 is 2.77 bits per heavy atom. The molecule has 0 aliphatic carbocycles. The maximum Gasteiger partial charge on any atom is 0.235 e. The zero-order valence-corrected chi connectivity index (χ0v) is 13.3. The summed E-state index contributed by atoms with van der Waals surface area (Å²) < 4.78 is 24.0. The average molecular weight is 370 g/mol. The van der Waals surface area contributed by atoms with Crippen LogP contribution < -0.4 is 10.1 Å². The van der Waals surface area contributed by atoms with Gasteiger partial charge in [0, 0.05) is 6.92 Å². The lowest BCUT2D eigenvalue weighted by atomic mass is 10.3. The highest BCUT2D eigenvalue weighted by molar-refractivity contribution is 9.10. The molecule has 0 radical (unpaired) electrons. The van der Waals surface area contributed by atoms with Gasteiger partial charge in [-0.05, 0) is 46.3 Å². The fourth-order valence-electron chi connectivity index (χ4n) is 1.64. The van der Waals surface area contributed by atoms with E-state index in [0.29, 0.717) is 16.0 Å². The maximum atomic E-state index is 12.9. The summed E-state index contributed by atoms with van der Waals surface area (Å²) in [5.41, 5.74) is 0. The van der Waals surface area contributed by atoms with Gasteiger partial charge in [-0.25, -0.2) is 4.39 Å². The Morgan fingerprint density at radius 1 is 1.32 bits per heavy atom. The van der Waals surface area contributed by atoms with E-state index < -0.39 is 5.82 Å². The molecule has 0 saturated heterocycles. The molecule has 0 bridgehead atoms. The van der Waals surface area contributed by atoms with Gasteiger partial charge in [0.15, 0.2) is 12.4 Å². The number of carbonyl (C=O) groups excluding carboxylic acids is 2. The molecule has 1 heterocycles. The number of nitrogens with one attached hydrogen (secondary N) is 1. The average Bonchev–Trinajstić information content (AvgIpc) is 2.93. The second kappa shape index (κ2) is 7.22. The quantitative estimate of drug-likeness (QED) is 0.794. The van der Waals surface area contributed by atoms with Gasteiger partial charge in [-0.3, -0.25) is 9.59 Å². The highest BCUT2D eigenvalue weighted by Crippen LogP contribution is 2.25. The van der Waals surface area contributed by atoms with E-state index in [2.05, 4.69) is 21.2 Å². The van der Waals surface area contributed by atoms with Crippen LogP contribution in [0.1, 0.15) is 23.2 Å². The van der Waals surface area contributed by atoms with E-state index in [1.165, 1.54) is 31.2 Å². The van der Waals surface area contributed by atoms with Gasteiger partial charge in [0.1, 0.15) is 17.3 Å². The summed E-state index contributed by atoms with van der Waals surface area (Å²) >= 11 is 3.15. The smallest absolute Gasteiger partial charge is 0.235 e. The maximum absolute atomic E-state index is 12.9. The zero-order chi connectivity index (χ0) is 16.1. The lowest BCUT2D eigenvalue weighted by molar-refractivity contribution is -0.119. The molecule has 1 N–H and O–H groups in total. The normalized spacial score (nSPS) is 10.3. The number of amides is 1. The van der Waals surface area contributed by atoms with E-state index in [1.807, 2.05) is 0 Å². The highest BCUT2D eigenvalue weighted by Gasteiger charge is 2.13. The molecule has 5 nitrogen and oxygen atoms in total. The third-order valence-corrected chi connectivity index (χ3v) is 3.32. The molecular weight excluding hydrogens is 357 g/mol. The first kappa shape index (κ1) is 16.2. The van der Waals surface area contributed by atoms with Crippen molar-refractivity contribution in [1.29, 1.82) is 0 Å². The Labute approximate surface area is 134 Å². The topological polar surface area (TPSA) is 68.5 Å². The fourth-order valence-corrected chi connectivity index (χ4v) is 2.11. The van der Waals surface area contributed by atoms with Crippen LogP contribution in [0.3, 0.4) is 0 Å². The number of halogens is 2. The number of ketones is 1. The van der Waals surface area contributed by atoms with E-state index in [4.69, 9.17) is 9.15 Å². The Balaban J connectivity index is 1.93. The van der Waals surface area contributed by atoms with Crippen molar-refractivity contribution in [3.63, 3.8) is 0 Å². The Kier molecular flexibility index (Phi) is 5.32. The molecule has 1 aromatic heterocycles. The summed E-state index contributed by atoms with van der Waals surface area (Å²) in [4.78, 5) is 22.8. The molecular formula is C15H13BrFNO4. The lowest BCUT2D eigenvalue weighted by Gasteiger charge is -2.06. The summed E-state index contributed by atoms with van der Waals surface area (Å²) in [6, 6.07) is 7.04.